The molecule has 0 aromatic carbocycles. The molecule has 0 radical (unpaired) electrons. The van der Waals surface area contributed by atoms with Crippen LogP contribution in [0.3, 0.4) is 0 Å². The lowest BCUT2D eigenvalue weighted by Crippen LogP contribution is -2.21. The quantitative estimate of drug-likeness (QED) is 0.446. The van der Waals surface area contributed by atoms with Crippen LogP contribution in [0.4, 0.5) is 0 Å². The van der Waals surface area contributed by atoms with Gasteiger partial charge in [-0.25, -0.2) is 0 Å². The summed E-state index contributed by atoms with van der Waals surface area (Å²) >= 11 is 0. The van der Waals surface area contributed by atoms with E-state index in [1.165, 1.54) is 0 Å². The van der Waals surface area contributed by atoms with Crippen molar-refractivity contribution in [1.82, 2.24) is 0 Å². The maximum atomic E-state index is 8.41. The van der Waals surface area contributed by atoms with E-state index in [1.807, 2.05) is 6.07 Å². The zero-order valence-corrected chi connectivity index (χ0v) is 6.71. The van der Waals surface area contributed by atoms with Gasteiger partial charge in [0.1, 0.15) is 0 Å². The van der Waals surface area contributed by atoms with Crippen LogP contribution in [-0.2, 0) is 0 Å². The van der Waals surface area contributed by atoms with Crippen molar-refractivity contribution in [3.8, 4) is 6.07 Å². The van der Waals surface area contributed by atoms with Crippen molar-refractivity contribution in [2.45, 2.75) is 25.3 Å². The van der Waals surface area contributed by atoms with E-state index in [4.69, 9.17) is 16.7 Å². The molecule has 0 bridgehead atoms. The van der Waals surface area contributed by atoms with Crippen LogP contribution in [0.1, 0.15) is 19.3 Å². The zero-order chi connectivity index (χ0) is 8.69. The maximum absolute atomic E-state index is 8.41. The van der Waals surface area contributed by atoms with Gasteiger partial charge in [0.15, 0.2) is 0 Å². The monoisotopic (exact) mass is 153 g/mol. The van der Waals surface area contributed by atoms with E-state index < -0.39 is 0 Å². The van der Waals surface area contributed by atoms with Crippen molar-refractivity contribution in [2.24, 2.45) is 11.5 Å². The molecule has 0 aromatic rings. The Morgan fingerprint density at radius 3 is 2.64 bits per heavy atom. The maximum Gasteiger partial charge on any atom is 0.0957 e. The molecule has 0 aromatic heterocycles. The molecule has 0 unspecified atom stereocenters. The molecule has 0 amide bonds. The summed E-state index contributed by atoms with van der Waals surface area (Å²) in [6.45, 7) is 4.22. The molecule has 4 N–H and O–H groups in total. The lowest BCUT2D eigenvalue weighted by atomic mass is 10.0. The summed E-state index contributed by atoms with van der Waals surface area (Å²) in [6.07, 6.45) is 2.74. The molecule has 3 nitrogen and oxygen atoms in total. The number of unbranched alkanes of at least 4 members (excludes halogenated alkanes) is 1. The third-order valence-electron chi connectivity index (χ3n) is 1.56. The minimum atomic E-state index is -0.174. The van der Waals surface area contributed by atoms with Gasteiger partial charge in [0.05, 0.1) is 6.07 Å². The van der Waals surface area contributed by atoms with Crippen LogP contribution >= 0.6 is 0 Å². The van der Waals surface area contributed by atoms with Crippen LogP contribution < -0.4 is 11.5 Å². The second-order valence-electron chi connectivity index (χ2n) is 2.53. The molecule has 11 heavy (non-hydrogen) atoms. The molecule has 0 aliphatic rings. The van der Waals surface area contributed by atoms with E-state index in [1.54, 1.807) is 0 Å². The Balaban J connectivity index is 3.46. The lowest BCUT2D eigenvalue weighted by molar-refractivity contribution is 0.626. The molecule has 0 aliphatic carbocycles. The van der Waals surface area contributed by atoms with Crippen LogP contribution in [-0.4, -0.2) is 12.6 Å². The predicted octanol–water partition coefficient (Wildman–Crippen LogP) is 0.522. The average molecular weight is 153 g/mol. The van der Waals surface area contributed by atoms with Gasteiger partial charge in [-0.15, -0.1) is 0 Å². The van der Waals surface area contributed by atoms with Crippen LogP contribution in [0.2, 0.25) is 0 Å². The van der Waals surface area contributed by atoms with Gasteiger partial charge in [-0.1, -0.05) is 13.0 Å². The summed E-state index contributed by atoms with van der Waals surface area (Å²) in [4.78, 5) is 0. The highest BCUT2D eigenvalue weighted by Crippen LogP contribution is 2.04. The first-order valence-electron chi connectivity index (χ1n) is 3.77. The van der Waals surface area contributed by atoms with Crippen molar-refractivity contribution >= 4 is 0 Å². The molecule has 62 valence electrons. The Morgan fingerprint density at radius 2 is 2.18 bits per heavy atom. The van der Waals surface area contributed by atoms with Crippen LogP contribution in [0.5, 0.6) is 0 Å². The zero-order valence-electron chi connectivity index (χ0n) is 6.71. The largest absolute Gasteiger partial charge is 0.330 e. The van der Waals surface area contributed by atoms with Crippen molar-refractivity contribution in [3.63, 3.8) is 0 Å². The Morgan fingerprint density at radius 1 is 1.55 bits per heavy atom. The number of hydrogen-bond acceptors (Lipinski definition) is 3. The Bertz CT molecular complexity index is 157. The van der Waals surface area contributed by atoms with E-state index in [0.29, 0.717) is 12.1 Å². The molecular formula is C8H15N3. The number of nitrogens with two attached hydrogens (primary N) is 2. The fourth-order valence-corrected chi connectivity index (χ4v) is 0.766. The highest BCUT2D eigenvalue weighted by molar-refractivity contribution is 5.21. The van der Waals surface area contributed by atoms with Crippen molar-refractivity contribution < 1.29 is 0 Å². The van der Waals surface area contributed by atoms with Gasteiger partial charge in [0, 0.05) is 11.6 Å². The first-order chi connectivity index (χ1) is 5.22. The summed E-state index contributed by atoms with van der Waals surface area (Å²) in [5, 5.41) is 8.41. The van der Waals surface area contributed by atoms with Crippen LogP contribution in [0.15, 0.2) is 12.2 Å². The predicted molar refractivity (Wildman–Crippen MR) is 45.6 cm³/mol. The standard InChI is InChI=1S/C8H15N3/c1-7(6-10)8(11)4-2-3-5-9/h8H,1-5,9,11H2/t8-/m0/s1. The van der Waals surface area contributed by atoms with Crippen molar-refractivity contribution in [3.05, 3.63) is 12.2 Å². The van der Waals surface area contributed by atoms with Crippen molar-refractivity contribution in [1.29, 1.82) is 5.26 Å². The smallest absolute Gasteiger partial charge is 0.0957 e. The normalized spacial score (nSPS) is 12.1. The summed E-state index contributed by atoms with van der Waals surface area (Å²) in [7, 11) is 0. The Hall–Kier alpha value is -0.850. The van der Waals surface area contributed by atoms with E-state index in [9.17, 15) is 0 Å². The molecule has 0 spiro atoms. The molecule has 0 saturated carbocycles. The van der Waals surface area contributed by atoms with E-state index in [-0.39, 0.29) is 6.04 Å². The number of rotatable bonds is 5. The van der Waals surface area contributed by atoms with E-state index in [0.717, 1.165) is 19.3 Å². The van der Waals surface area contributed by atoms with Gasteiger partial charge in [0.25, 0.3) is 0 Å². The molecule has 0 saturated heterocycles. The van der Waals surface area contributed by atoms with Gasteiger partial charge in [-0.05, 0) is 19.4 Å². The van der Waals surface area contributed by atoms with Gasteiger partial charge in [0.2, 0.25) is 0 Å². The number of hydrogen-bond donors (Lipinski definition) is 2. The number of nitrogens with zero attached hydrogens (tertiary/aromatic N) is 1. The molecular weight excluding hydrogens is 138 g/mol. The van der Waals surface area contributed by atoms with E-state index in [2.05, 4.69) is 6.58 Å². The fourth-order valence-electron chi connectivity index (χ4n) is 0.766. The first kappa shape index (κ1) is 10.2. The Labute approximate surface area is 67.7 Å². The molecule has 0 rings (SSSR count). The van der Waals surface area contributed by atoms with E-state index >= 15 is 0 Å². The van der Waals surface area contributed by atoms with Crippen LogP contribution in [0.25, 0.3) is 0 Å². The second-order valence-corrected chi connectivity index (χ2v) is 2.53. The summed E-state index contributed by atoms with van der Waals surface area (Å²) in [6, 6.07) is 1.77. The SMILES string of the molecule is C=C(C#N)[C@@H](N)CCCCN. The minimum absolute atomic E-state index is 0.174. The topological polar surface area (TPSA) is 75.8 Å². The third kappa shape index (κ3) is 4.54. The fraction of sp³-hybridized carbons (Fsp3) is 0.625. The molecule has 0 aliphatic heterocycles. The summed E-state index contributed by atoms with van der Waals surface area (Å²) in [5.74, 6) is 0. The van der Waals surface area contributed by atoms with Gasteiger partial charge < -0.3 is 11.5 Å². The van der Waals surface area contributed by atoms with Crippen molar-refractivity contribution in [2.75, 3.05) is 6.54 Å². The van der Waals surface area contributed by atoms with Crippen LogP contribution in [0, 0.1) is 11.3 Å². The summed E-state index contributed by atoms with van der Waals surface area (Å²) < 4.78 is 0. The minimum Gasteiger partial charge on any atom is -0.330 e. The average Bonchev–Trinajstić information content (AvgIpc) is 2.03. The second kappa shape index (κ2) is 5.90. The van der Waals surface area contributed by atoms with Gasteiger partial charge in [-0.2, -0.15) is 5.26 Å². The lowest BCUT2D eigenvalue weighted by Gasteiger charge is -2.07. The highest BCUT2D eigenvalue weighted by atomic mass is 14.6. The third-order valence-corrected chi connectivity index (χ3v) is 1.56. The molecule has 1 atom stereocenters. The van der Waals surface area contributed by atoms with Gasteiger partial charge >= 0.3 is 0 Å². The first-order valence-corrected chi connectivity index (χ1v) is 3.77. The highest BCUT2D eigenvalue weighted by Gasteiger charge is 2.04. The molecule has 3 heteroatoms. The van der Waals surface area contributed by atoms with Gasteiger partial charge in [-0.3, -0.25) is 0 Å². The number of nitriles is 1. The molecule has 0 heterocycles. The molecule has 0 fully saturated rings. The Kier molecular flexibility index (Phi) is 5.44. The summed E-state index contributed by atoms with van der Waals surface area (Å²) in [5.41, 5.74) is 11.4.